The average Bonchev–Trinajstić information content (AvgIpc) is 2.47. The molecule has 0 aromatic heterocycles. The summed E-state index contributed by atoms with van der Waals surface area (Å²) in [5, 5.41) is 23.0. The first-order chi connectivity index (χ1) is 10.1. The topological polar surface area (TPSA) is 106 Å². The van der Waals surface area contributed by atoms with Crippen LogP contribution in [0.4, 0.5) is 5.69 Å². The number of amides is 1. The first-order valence-corrected chi connectivity index (χ1v) is 6.70. The molecule has 1 amide bonds. The number of nitro groups is 1. The van der Waals surface area contributed by atoms with Crippen LogP contribution >= 0.6 is 0 Å². The number of ether oxygens (including phenoxy) is 1. The van der Waals surface area contributed by atoms with Crippen LogP contribution in [0, 0.1) is 10.1 Å². The fourth-order valence-corrected chi connectivity index (χ4v) is 2.15. The van der Waals surface area contributed by atoms with Crippen LogP contribution in [0.5, 0.6) is 5.75 Å². The van der Waals surface area contributed by atoms with E-state index < -0.39 is 4.92 Å². The number of quaternary nitrogens is 1. The molecule has 0 bridgehead atoms. The number of nitrogens with zero attached hydrogens (tertiary/aromatic N) is 1. The van der Waals surface area contributed by atoms with E-state index in [0.717, 1.165) is 18.0 Å². The van der Waals surface area contributed by atoms with Gasteiger partial charge in [0.1, 0.15) is 18.8 Å². The summed E-state index contributed by atoms with van der Waals surface area (Å²) in [4.78, 5) is 23.1. The molecule has 0 atom stereocenters. The molecule has 0 spiro atoms. The van der Waals surface area contributed by atoms with Crippen molar-refractivity contribution in [3.05, 3.63) is 33.9 Å². The molecule has 0 radical (unpaired) electrons. The Morgan fingerprint density at radius 2 is 2.09 bits per heavy atom. The number of aromatic hydroxyl groups is 1. The van der Waals surface area contributed by atoms with Crippen molar-refractivity contribution in [2.75, 3.05) is 32.8 Å². The molecule has 0 unspecified atom stereocenters. The van der Waals surface area contributed by atoms with Gasteiger partial charge in [-0.25, -0.2) is 0 Å². The molecule has 0 saturated carbocycles. The molecule has 1 saturated heterocycles. The SMILES string of the molecule is O=C(C[NH+]1CCOCC1)NCc1cc([N+](=O)[O-])ccc1O.[Cl-]. The van der Waals surface area contributed by atoms with E-state index in [4.69, 9.17) is 4.74 Å². The summed E-state index contributed by atoms with van der Waals surface area (Å²) >= 11 is 0. The van der Waals surface area contributed by atoms with E-state index in [9.17, 15) is 20.0 Å². The lowest BCUT2D eigenvalue weighted by molar-refractivity contribution is -0.900. The van der Waals surface area contributed by atoms with Gasteiger partial charge in [-0.15, -0.1) is 0 Å². The van der Waals surface area contributed by atoms with Gasteiger partial charge in [-0.05, 0) is 6.07 Å². The van der Waals surface area contributed by atoms with Crippen LogP contribution in [0.25, 0.3) is 0 Å². The first-order valence-electron chi connectivity index (χ1n) is 6.70. The largest absolute Gasteiger partial charge is 1.00 e. The van der Waals surface area contributed by atoms with Crippen LogP contribution in [-0.2, 0) is 16.1 Å². The molecular weight excluding hydrogens is 314 g/mol. The lowest BCUT2D eigenvalue weighted by Crippen LogP contribution is -3.15. The molecule has 3 N–H and O–H groups in total. The number of hydrogen-bond donors (Lipinski definition) is 3. The molecule has 0 aliphatic carbocycles. The highest BCUT2D eigenvalue weighted by Gasteiger charge is 2.18. The summed E-state index contributed by atoms with van der Waals surface area (Å²) in [7, 11) is 0. The molecule has 9 heteroatoms. The summed E-state index contributed by atoms with van der Waals surface area (Å²) in [6.45, 7) is 3.27. The molecule has 1 aliphatic rings. The molecule has 1 heterocycles. The van der Waals surface area contributed by atoms with E-state index in [1.54, 1.807) is 0 Å². The Kier molecular flexibility index (Phi) is 7.03. The molecule has 1 aliphatic heterocycles. The Bertz CT molecular complexity index is 534. The zero-order chi connectivity index (χ0) is 15.2. The van der Waals surface area contributed by atoms with E-state index >= 15 is 0 Å². The predicted molar refractivity (Wildman–Crippen MR) is 73.0 cm³/mol. The van der Waals surface area contributed by atoms with Crippen molar-refractivity contribution in [2.24, 2.45) is 0 Å². The summed E-state index contributed by atoms with van der Waals surface area (Å²) in [6.07, 6.45) is 0. The van der Waals surface area contributed by atoms with Crippen LogP contribution in [0.15, 0.2) is 18.2 Å². The van der Waals surface area contributed by atoms with Gasteiger partial charge in [0.25, 0.3) is 11.6 Å². The number of nitro benzene ring substituents is 1. The van der Waals surface area contributed by atoms with Gasteiger partial charge in [-0.1, -0.05) is 0 Å². The highest BCUT2D eigenvalue weighted by molar-refractivity contribution is 5.76. The van der Waals surface area contributed by atoms with Crippen molar-refractivity contribution in [3.8, 4) is 5.75 Å². The molecule has 122 valence electrons. The number of benzene rings is 1. The van der Waals surface area contributed by atoms with Crippen LogP contribution < -0.4 is 22.6 Å². The molecule has 22 heavy (non-hydrogen) atoms. The van der Waals surface area contributed by atoms with Gasteiger partial charge in [-0.2, -0.15) is 0 Å². The molecule has 1 fully saturated rings. The number of carbonyl (C=O) groups is 1. The second-order valence-electron chi connectivity index (χ2n) is 4.89. The van der Waals surface area contributed by atoms with Crippen molar-refractivity contribution in [1.29, 1.82) is 0 Å². The fourth-order valence-electron chi connectivity index (χ4n) is 2.15. The van der Waals surface area contributed by atoms with Gasteiger partial charge in [0.2, 0.25) is 0 Å². The molecule has 1 aromatic carbocycles. The highest BCUT2D eigenvalue weighted by atomic mass is 35.5. The third-order valence-corrected chi connectivity index (χ3v) is 3.36. The maximum atomic E-state index is 11.8. The number of carbonyl (C=O) groups excluding carboxylic acids is 1. The Balaban J connectivity index is 0.00000242. The van der Waals surface area contributed by atoms with Crippen molar-refractivity contribution in [2.45, 2.75) is 6.54 Å². The normalized spacial score (nSPS) is 14.9. The number of non-ortho nitro benzene ring substituents is 1. The maximum Gasteiger partial charge on any atom is 0.275 e. The number of hydrogen-bond acceptors (Lipinski definition) is 5. The maximum absolute atomic E-state index is 11.8. The summed E-state index contributed by atoms with van der Waals surface area (Å²) < 4.78 is 5.21. The van der Waals surface area contributed by atoms with E-state index in [2.05, 4.69) is 5.32 Å². The van der Waals surface area contributed by atoms with Crippen LogP contribution in [0.3, 0.4) is 0 Å². The smallest absolute Gasteiger partial charge is 0.275 e. The minimum atomic E-state index is -0.539. The van der Waals surface area contributed by atoms with E-state index in [1.165, 1.54) is 18.2 Å². The zero-order valence-electron chi connectivity index (χ0n) is 11.9. The minimum absolute atomic E-state index is 0. The van der Waals surface area contributed by atoms with Crippen LogP contribution in [0.1, 0.15) is 5.56 Å². The van der Waals surface area contributed by atoms with Crippen molar-refractivity contribution >= 4 is 11.6 Å². The molecule has 1 aromatic rings. The second kappa shape index (κ2) is 8.52. The Morgan fingerprint density at radius 1 is 1.41 bits per heavy atom. The number of phenols is 1. The van der Waals surface area contributed by atoms with Crippen molar-refractivity contribution < 1.29 is 36.9 Å². The van der Waals surface area contributed by atoms with Crippen LogP contribution in [-0.4, -0.2) is 48.8 Å². The number of rotatable bonds is 5. The third kappa shape index (κ3) is 5.14. The van der Waals surface area contributed by atoms with Crippen LogP contribution in [0.2, 0.25) is 0 Å². The van der Waals surface area contributed by atoms with E-state index in [0.29, 0.717) is 25.3 Å². The molecule has 2 rings (SSSR count). The third-order valence-electron chi connectivity index (χ3n) is 3.36. The average molecular weight is 332 g/mol. The quantitative estimate of drug-likeness (QED) is 0.375. The van der Waals surface area contributed by atoms with Crippen molar-refractivity contribution in [3.63, 3.8) is 0 Å². The van der Waals surface area contributed by atoms with E-state index in [-0.39, 0.29) is 36.3 Å². The molecule has 8 nitrogen and oxygen atoms in total. The first kappa shape index (κ1) is 18.1. The number of phenolic OH excluding ortho intramolecular Hbond substituents is 1. The Labute approximate surface area is 133 Å². The Morgan fingerprint density at radius 3 is 2.73 bits per heavy atom. The molecular formula is C13H18ClN3O5. The predicted octanol–water partition coefficient (Wildman–Crippen LogP) is -4.16. The number of halogens is 1. The summed E-state index contributed by atoms with van der Waals surface area (Å²) in [6, 6.07) is 3.74. The standard InChI is InChI=1S/C13H17N3O5.ClH/c17-12-2-1-11(16(19)20)7-10(12)8-14-13(18)9-15-3-5-21-6-4-15;/h1-2,7,17H,3-6,8-9H2,(H,14,18);1H. The van der Waals surface area contributed by atoms with E-state index in [1.807, 2.05) is 0 Å². The van der Waals surface area contributed by atoms with Gasteiger partial charge in [0, 0.05) is 24.2 Å². The monoisotopic (exact) mass is 331 g/mol. The van der Waals surface area contributed by atoms with Gasteiger partial charge in [-0.3, -0.25) is 14.9 Å². The summed E-state index contributed by atoms with van der Waals surface area (Å²) in [5.74, 6) is -0.225. The minimum Gasteiger partial charge on any atom is -1.00 e. The van der Waals surface area contributed by atoms with Gasteiger partial charge in [0.05, 0.1) is 18.1 Å². The van der Waals surface area contributed by atoms with Gasteiger partial charge >= 0.3 is 0 Å². The summed E-state index contributed by atoms with van der Waals surface area (Å²) in [5.41, 5.74) is 0.213. The Hall–Kier alpha value is -1.90. The lowest BCUT2D eigenvalue weighted by Gasteiger charge is -2.23. The fraction of sp³-hybridized carbons (Fsp3) is 0.462. The van der Waals surface area contributed by atoms with Gasteiger partial charge in [0.15, 0.2) is 6.54 Å². The number of morpholine rings is 1. The number of nitrogens with one attached hydrogen (secondary N) is 2. The lowest BCUT2D eigenvalue weighted by atomic mass is 10.1. The van der Waals surface area contributed by atoms with Gasteiger partial charge < -0.3 is 32.5 Å². The zero-order valence-corrected chi connectivity index (χ0v) is 12.6. The highest BCUT2D eigenvalue weighted by Crippen LogP contribution is 2.22. The van der Waals surface area contributed by atoms with Crippen molar-refractivity contribution in [1.82, 2.24) is 5.32 Å². The second-order valence-corrected chi connectivity index (χ2v) is 4.89.